The molecule has 0 aliphatic carbocycles. The minimum absolute atomic E-state index is 0.139. The van der Waals surface area contributed by atoms with Crippen molar-refractivity contribution >= 4 is 33.5 Å². The Labute approximate surface area is 352 Å². The summed E-state index contributed by atoms with van der Waals surface area (Å²) in [6, 6.07) is 0. The smallest absolute Gasteiger partial charge is 0.307 e. The molecule has 0 heterocycles. The lowest BCUT2D eigenvalue weighted by Gasteiger charge is -2.25. The summed E-state index contributed by atoms with van der Waals surface area (Å²) in [5.74, 6) is 2.66. The maximum Gasteiger partial charge on any atom is 0.307 e. The minimum Gasteiger partial charge on any atom is -0.498 e. The normalized spacial score (nSPS) is 11.9. The largest absolute Gasteiger partial charge is 0.498 e. The highest BCUT2D eigenvalue weighted by Gasteiger charge is 2.13. The first kappa shape index (κ1) is 54.5. The van der Waals surface area contributed by atoms with E-state index in [2.05, 4.69) is 73.4 Å². The number of esters is 2. The lowest BCUT2D eigenvalue weighted by atomic mass is 10.1. The maximum absolute atomic E-state index is 12.5. The Bertz CT molecular complexity index is 930. The number of aliphatic hydroxyl groups excluding tert-OH is 1. The zero-order valence-corrected chi connectivity index (χ0v) is 38.1. The van der Waals surface area contributed by atoms with Crippen LogP contribution < -0.4 is 0 Å². The molecule has 0 radical (unpaired) electrons. The van der Waals surface area contributed by atoms with E-state index in [1.807, 2.05) is 21.6 Å². The van der Waals surface area contributed by atoms with Crippen LogP contribution in [-0.2, 0) is 23.8 Å². The van der Waals surface area contributed by atoms with E-state index in [0.717, 1.165) is 115 Å². The van der Waals surface area contributed by atoms with Gasteiger partial charge in [0.1, 0.15) is 0 Å². The number of nitrogens with zero attached hydrogens (tertiary/aromatic N) is 3. The maximum atomic E-state index is 12.5. The van der Waals surface area contributed by atoms with Crippen molar-refractivity contribution in [2.24, 2.45) is 0 Å². The van der Waals surface area contributed by atoms with Crippen LogP contribution in [-0.4, -0.2) is 129 Å². The first-order chi connectivity index (χ1) is 27.4. The molecule has 0 fully saturated rings. The van der Waals surface area contributed by atoms with E-state index in [9.17, 15) is 14.7 Å². The molecular weight excluding hydrogens is 743 g/mol. The summed E-state index contributed by atoms with van der Waals surface area (Å²) in [4.78, 5) is 31.8. The molecule has 0 atom stereocenters. The summed E-state index contributed by atoms with van der Waals surface area (Å²) in [6.45, 7) is 18.6. The molecule has 0 bridgehead atoms. The van der Waals surface area contributed by atoms with Crippen LogP contribution in [0.5, 0.6) is 0 Å². The van der Waals surface area contributed by atoms with E-state index >= 15 is 0 Å². The lowest BCUT2D eigenvalue weighted by molar-refractivity contribution is -0.144. The van der Waals surface area contributed by atoms with Gasteiger partial charge in [0.05, 0.1) is 45.0 Å². The lowest BCUT2D eigenvalue weighted by Crippen LogP contribution is -2.34. The topological polar surface area (TPSA) is 91.8 Å². The number of hydrogen-bond acceptors (Lipinski definition) is 11. The molecule has 56 heavy (non-hydrogen) atoms. The second kappa shape index (κ2) is 43.1. The summed E-state index contributed by atoms with van der Waals surface area (Å²) in [5, 5.41) is 9.65. The summed E-state index contributed by atoms with van der Waals surface area (Å²) >= 11 is 0. The van der Waals surface area contributed by atoms with E-state index in [1.165, 1.54) is 44.3 Å². The Morgan fingerprint density at radius 2 is 1.07 bits per heavy atom. The SMILES string of the molecule is C=C(CCN(CCO)CCCN(C)CCCN(CCC(=O)OCCCC/C=C\CC)CCC(=O)OCCCC/C=C\CC)OCCSSCCCCCCCC. The third kappa shape index (κ3) is 39.3. The van der Waals surface area contributed by atoms with Crippen molar-refractivity contribution in [2.75, 3.05) is 97.3 Å². The molecule has 0 aliphatic heterocycles. The summed E-state index contributed by atoms with van der Waals surface area (Å²) in [6.07, 6.45) is 28.0. The number of unbranched alkanes of at least 4 members (excludes halogenated alkanes) is 9. The zero-order valence-electron chi connectivity index (χ0n) is 36.5. The van der Waals surface area contributed by atoms with Crippen LogP contribution in [0.2, 0.25) is 0 Å². The number of rotatable bonds is 43. The van der Waals surface area contributed by atoms with Crippen molar-refractivity contribution in [3.8, 4) is 0 Å². The fourth-order valence-corrected chi connectivity index (χ4v) is 7.97. The molecule has 0 saturated heterocycles. The first-order valence-electron chi connectivity index (χ1n) is 22.3. The summed E-state index contributed by atoms with van der Waals surface area (Å²) in [7, 11) is 5.99. The van der Waals surface area contributed by atoms with Gasteiger partial charge in [0.2, 0.25) is 0 Å². The van der Waals surface area contributed by atoms with Crippen molar-refractivity contribution in [3.63, 3.8) is 0 Å². The molecule has 11 heteroatoms. The highest BCUT2D eigenvalue weighted by atomic mass is 33.1. The number of carbonyl (C=O) groups excluding carboxylic acids is 2. The Kier molecular flexibility index (Phi) is 41.9. The van der Waals surface area contributed by atoms with Crippen molar-refractivity contribution in [2.45, 2.75) is 143 Å². The predicted octanol–water partition coefficient (Wildman–Crippen LogP) is 10.1. The van der Waals surface area contributed by atoms with Gasteiger partial charge in [-0.1, -0.05) is 105 Å². The van der Waals surface area contributed by atoms with Crippen LogP contribution in [0.4, 0.5) is 0 Å². The number of aliphatic hydroxyl groups is 1. The van der Waals surface area contributed by atoms with Gasteiger partial charge in [-0.05, 0) is 104 Å². The third-order valence-corrected chi connectivity index (χ3v) is 11.9. The molecule has 0 spiro atoms. The van der Waals surface area contributed by atoms with Crippen LogP contribution >= 0.6 is 21.6 Å². The summed E-state index contributed by atoms with van der Waals surface area (Å²) in [5.41, 5.74) is 0. The highest BCUT2D eigenvalue weighted by molar-refractivity contribution is 8.76. The average Bonchev–Trinajstić information content (AvgIpc) is 3.19. The van der Waals surface area contributed by atoms with Crippen LogP contribution in [0, 0.1) is 0 Å². The third-order valence-electron chi connectivity index (χ3n) is 9.41. The van der Waals surface area contributed by atoms with Gasteiger partial charge in [0, 0.05) is 44.1 Å². The Morgan fingerprint density at radius 3 is 1.62 bits per heavy atom. The Hall–Kier alpha value is -1.50. The van der Waals surface area contributed by atoms with Gasteiger partial charge in [-0.15, -0.1) is 0 Å². The molecule has 0 unspecified atom stereocenters. The number of ether oxygens (including phenoxy) is 3. The fourth-order valence-electron chi connectivity index (χ4n) is 6.00. The van der Waals surface area contributed by atoms with Crippen LogP contribution in [0.15, 0.2) is 36.6 Å². The van der Waals surface area contributed by atoms with E-state index in [4.69, 9.17) is 14.2 Å². The van der Waals surface area contributed by atoms with Crippen LogP contribution in [0.3, 0.4) is 0 Å². The average molecular weight is 828 g/mol. The molecule has 0 aromatic rings. The van der Waals surface area contributed by atoms with Crippen molar-refractivity contribution in [1.29, 1.82) is 0 Å². The fraction of sp³-hybridized carbons (Fsp3) is 0.822. The Morgan fingerprint density at radius 1 is 0.554 bits per heavy atom. The second-order valence-electron chi connectivity index (χ2n) is 14.7. The Balaban J connectivity index is 4.49. The van der Waals surface area contributed by atoms with Gasteiger partial charge in [-0.25, -0.2) is 0 Å². The number of carbonyl (C=O) groups is 2. The van der Waals surface area contributed by atoms with Crippen molar-refractivity contribution < 1.29 is 28.9 Å². The van der Waals surface area contributed by atoms with E-state index in [1.54, 1.807) is 0 Å². The molecular formula is C45H85N3O6S2. The van der Waals surface area contributed by atoms with Gasteiger partial charge in [0.15, 0.2) is 0 Å². The zero-order chi connectivity index (χ0) is 41.2. The number of allylic oxidation sites excluding steroid dienone is 4. The monoisotopic (exact) mass is 828 g/mol. The van der Waals surface area contributed by atoms with E-state index < -0.39 is 0 Å². The predicted molar refractivity (Wildman–Crippen MR) is 242 cm³/mol. The van der Waals surface area contributed by atoms with Gasteiger partial charge in [-0.3, -0.25) is 9.59 Å². The van der Waals surface area contributed by atoms with Gasteiger partial charge < -0.3 is 34.0 Å². The summed E-state index contributed by atoms with van der Waals surface area (Å²) < 4.78 is 16.9. The molecule has 0 saturated carbocycles. The molecule has 0 aromatic heterocycles. The second-order valence-corrected chi connectivity index (χ2v) is 17.4. The van der Waals surface area contributed by atoms with E-state index in [0.29, 0.717) is 52.3 Å². The van der Waals surface area contributed by atoms with Crippen LogP contribution in [0.25, 0.3) is 0 Å². The molecule has 0 amide bonds. The minimum atomic E-state index is -0.175. The first-order valence-corrected chi connectivity index (χ1v) is 24.7. The standard InChI is InChI=1S/C45H85N3O6S2/c1-6-9-12-15-18-21-38-53-44(50)27-34-47(35-28-45(51)54-39-22-19-16-13-10-7-2)31-24-29-46(5)30-25-32-48(36-37-49)33-26-43(4)52-40-42-56-55-41-23-20-17-14-11-8-3/h9-10,12-13,49H,4,6-8,11,14-42H2,1-3,5H3/b12-9-,13-10-. The van der Waals surface area contributed by atoms with Crippen molar-refractivity contribution in [3.05, 3.63) is 36.6 Å². The van der Waals surface area contributed by atoms with E-state index in [-0.39, 0.29) is 18.5 Å². The molecule has 0 aliphatic rings. The quantitative estimate of drug-likeness (QED) is 0.0209. The highest BCUT2D eigenvalue weighted by Crippen LogP contribution is 2.23. The molecule has 0 aromatic carbocycles. The molecule has 9 nitrogen and oxygen atoms in total. The van der Waals surface area contributed by atoms with Crippen LogP contribution in [0.1, 0.15) is 143 Å². The number of hydrogen-bond donors (Lipinski definition) is 1. The van der Waals surface area contributed by atoms with Gasteiger partial charge >= 0.3 is 11.9 Å². The van der Waals surface area contributed by atoms with Gasteiger partial charge in [0.25, 0.3) is 0 Å². The molecule has 328 valence electrons. The molecule has 0 rings (SSSR count). The van der Waals surface area contributed by atoms with Crippen molar-refractivity contribution in [1.82, 2.24) is 14.7 Å². The molecule has 1 N–H and O–H groups in total. The van der Waals surface area contributed by atoms with Gasteiger partial charge in [-0.2, -0.15) is 0 Å².